The summed E-state index contributed by atoms with van der Waals surface area (Å²) >= 11 is 0. The number of nitrogens with zero attached hydrogens (tertiary/aromatic N) is 1. The topological polar surface area (TPSA) is 63.9 Å². The van der Waals surface area contributed by atoms with Crippen molar-refractivity contribution in [3.63, 3.8) is 0 Å². The van der Waals surface area contributed by atoms with E-state index in [4.69, 9.17) is 10.5 Å². The third-order valence-corrected chi connectivity index (χ3v) is 2.62. The van der Waals surface area contributed by atoms with Crippen LogP contribution in [0.4, 0.5) is 5.82 Å². The molecular formula is C9H15N3O. The first-order valence-corrected chi connectivity index (χ1v) is 4.53. The van der Waals surface area contributed by atoms with Crippen molar-refractivity contribution < 1.29 is 4.74 Å². The first-order chi connectivity index (χ1) is 6.24. The summed E-state index contributed by atoms with van der Waals surface area (Å²) in [6.45, 7) is 0.839. The molecule has 4 heteroatoms. The molecule has 1 aromatic heterocycles. The van der Waals surface area contributed by atoms with Gasteiger partial charge in [-0.15, -0.1) is 0 Å². The lowest BCUT2D eigenvalue weighted by Gasteiger charge is -2.11. The molecule has 0 aliphatic heterocycles. The van der Waals surface area contributed by atoms with E-state index >= 15 is 0 Å². The van der Waals surface area contributed by atoms with Gasteiger partial charge in [-0.2, -0.15) is 5.10 Å². The normalized spacial score (nSPS) is 18.8. The predicted molar refractivity (Wildman–Crippen MR) is 50.2 cm³/mol. The van der Waals surface area contributed by atoms with Crippen molar-refractivity contribution in [3.05, 3.63) is 11.8 Å². The Balaban J connectivity index is 1.98. The SMILES string of the molecule is COCC1(Cc2cc(N)n[nH]2)CC1. The molecule has 1 aliphatic rings. The zero-order valence-corrected chi connectivity index (χ0v) is 7.84. The van der Waals surface area contributed by atoms with Gasteiger partial charge >= 0.3 is 0 Å². The van der Waals surface area contributed by atoms with Gasteiger partial charge < -0.3 is 10.5 Å². The number of nitrogen functional groups attached to an aromatic ring is 1. The largest absolute Gasteiger partial charge is 0.384 e. The summed E-state index contributed by atoms with van der Waals surface area (Å²) < 4.78 is 5.18. The Labute approximate surface area is 77.5 Å². The van der Waals surface area contributed by atoms with Crippen molar-refractivity contribution in [2.75, 3.05) is 19.5 Å². The Morgan fingerprint density at radius 1 is 1.69 bits per heavy atom. The minimum Gasteiger partial charge on any atom is -0.384 e. The molecule has 13 heavy (non-hydrogen) atoms. The predicted octanol–water partition coefficient (Wildman–Crippen LogP) is 0.961. The number of H-pyrrole nitrogens is 1. The average molecular weight is 181 g/mol. The Kier molecular flexibility index (Phi) is 2.00. The summed E-state index contributed by atoms with van der Waals surface area (Å²) in [4.78, 5) is 0. The zero-order valence-electron chi connectivity index (χ0n) is 7.84. The lowest BCUT2D eigenvalue weighted by molar-refractivity contribution is 0.140. The number of aromatic amines is 1. The van der Waals surface area contributed by atoms with Gasteiger partial charge in [0.2, 0.25) is 0 Å². The minimum absolute atomic E-state index is 0.369. The standard InChI is InChI=1S/C9H15N3O/c1-13-6-9(2-3-9)5-7-4-8(10)12-11-7/h4H,2-3,5-6H2,1H3,(H3,10,11,12). The van der Waals surface area contributed by atoms with Gasteiger partial charge in [0.05, 0.1) is 6.61 Å². The molecule has 0 bridgehead atoms. The van der Waals surface area contributed by atoms with Crippen molar-refractivity contribution in [2.45, 2.75) is 19.3 Å². The van der Waals surface area contributed by atoms with Gasteiger partial charge in [-0.3, -0.25) is 5.10 Å². The van der Waals surface area contributed by atoms with Crippen molar-refractivity contribution in [1.82, 2.24) is 10.2 Å². The third kappa shape index (κ3) is 1.83. The number of ether oxygens (including phenoxy) is 1. The number of methoxy groups -OCH3 is 1. The van der Waals surface area contributed by atoms with Crippen LogP contribution in [-0.2, 0) is 11.2 Å². The van der Waals surface area contributed by atoms with Crippen LogP contribution in [0.2, 0.25) is 0 Å². The van der Waals surface area contributed by atoms with E-state index in [0.717, 1.165) is 18.7 Å². The monoisotopic (exact) mass is 181 g/mol. The number of aromatic nitrogens is 2. The van der Waals surface area contributed by atoms with Crippen LogP contribution >= 0.6 is 0 Å². The Bertz CT molecular complexity index is 291. The number of hydrogen-bond acceptors (Lipinski definition) is 3. The van der Waals surface area contributed by atoms with E-state index in [1.807, 2.05) is 6.07 Å². The quantitative estimate of drug-likeness (QED) is 0.727. The van der Waals surface area contributed by atoms with Crippen LogP contribution in [0.25, 0.3) is 0 Å². The molecule has 0 saturated heterocycles. The van der Waals surface area contributed by atoms with Crippen LogP contribution in [-0.4, -0.2) is 23.9 Å². The first-order valence-electron chi connectivity index (χ1n) is 4.53. The zero-order chi connectivity index (χ0) is 9.31. The summed E-state index contributed by atoms with van der Waals surface area (Å²) in [5.41, 5.74) is 7.00. The second-order valence-corrected chi connectivity index (χ2v) is 3.93. The van der Waals surface area contributed by atoms with Crippen LogP contribution in [0.5, 0.6) is 0 Å². The number of rotatable bonds is 4. The van der Waals surface area contributed by atoms with E-state index in [1.165, 1.54) is 12.8 Å². The maximum atomic E-state index is 5.52. The van der Waals surface area contributed by atoms with Crippen LogP contribution in [0, 0.1) is 5.41 Å². The van der Waals surface area contributed by atoms with E-state index in [1.54, 1.807) is 7.11 Å². The highest BCUT2D eigenvalue weighted by molar-refractivity contribution is 5.29. The van der Waals surface area contributed by atoms with Crippen LogP contribution in [0.1, 0.15) is 18.5 Å². The van der Waals surface area contributed by atoms with Gasteiger partial charge in [0.25, 0.3) is 0 Å². The molecule has 1 fully saturated rings. The average Bonchev–Trinajstić information content (AvgIpc) is 2.70. The third-order valence-electron chi connectivity index (χ3n) is 2.62. The van der Waals surface area contributed by atoms with Gasteiger partial charge in [-0.05, 0) is 24.7 Å². The highest BCUT2D eigenvalue weighted by Crippen LogP contribution is 2.48. The maximum absolute atomic E-state index is 5.52. The maximum Gasteiger partial charge on any atom is 0.145 e. The Morgan fingerprint density at radius 3 is 2.92 bits per heavy atom. The van der Waals surface area contributed by atoms with Crippen LogP contribution < -0.4 is 5.73 Å². The lowest BCUT2D eigenvalue weighted by Crippen LogP contribution is -2.12. The van der Waals surface area contributed by atoms with E-state index in [2.05, 4.69) is 10.2 Å². The summed E-state index contributed by atoms with van der Waals surface area (Å²) in [7, 11) is 1.75. The van der Waals surface area contributed by atoms with Gasteiger partial charge in [-0.25, -0.2) is 0 Å². The van der Waals surface area contributed by atoms with E-state index < -0.39 is 0 Å². The Hall–Kier alpha value is -1.03. The number of anilines is 1. The molecule has 1 saturated carbocycles. The fraction of sp³-hybridized carbons (Fsp3) is 0.667. The molecule has 72 valence electrons. The molecule has 0 spiro atoms. The fourth-order valence-electron chi connectivity index (χ4n) is 1.73. The summed E-state index contributed by atoms with van der Waals surface area (Å²) in [6.07, 6.45) is 3.50. The molecule has 4 nitrogen and oxygen atoms in total. The smallest absolute Gasteiger partial charge is 0.145 e. The molecule has 1 heterocycles. The molecule has 0 unspecified atom stereocenters. The highest BCUT2D eigenvalue weighted by atomic mass is 16.5. The number of hydrogen-bond donors (Lipinski definition) is 2. The summed E-state index contributed by atoms with van der Waals surface area (Å²) in [5, 5.41) is 6.83. The molecule has 0 aromatic carbocycles. The lowest BCUT2D eigenvalue weighted by atomic mass is 10.0. The Morgan fingerprint density at radius 2 is 2.46 bits per heavy atom. The van der Waals surface area contributed by atoms with Gasteiger partial charge in [-0.1, -0.05) is 0 Å². The van der Waals surface area contributed by atoms with Gasteiger partial charge in [0, 0.05) is 18.9 Å². The first kappa shape index (κ1) is 8.56. The highest BCUT2D eigenvalue weighted by Gasteiger charge is 2.42. The molecular weight excluding hydrogens is 166 g/mol. The molecule has 2 rings (SSSR count). The fourth-order valence-corrected chi connectivity index (χ4v) is 1.73. The van der Waals surface area contributed by atoms with Crippen LogP contribution in [0.15, 0.2) is 6.07 Å². The van der Waals surface area contributed by atoms with E-state index in [9.17, 15) is 0 Å². The van der Waals surface area contributed by atoms with Crippen LogP contribution in [0.3, 0.4) is 0 Å². The second-order valence-electron chi connectivity index (χ2n) is 3.93. The second kappa shape index (κ2) is 3.03. The number of nitrogens with one attached hydrogen (secondary N) is 1. The van der Waals surface area contributed by atoms with Gasteiger partial charge in [0.1, 0.15) is 5.82 Å². The molecule has 0 amide bonds. The molecule has 0 atom stereocenters. The van der Waals surface area contributed by atoms with E-state index in [0.29, 0.717) is 11.2 Å². The molecule has 0 radical (unpaired) electrons. The van der Waals surface area contributed by atoms with Crippen molar-refractivity contribution >= 4 is 5.82 Å². The number of nitrogens with two attached hydrogens (primary N) is 1. The summed E-state index contributed by atoms with van der Waals surface area (Å²) in [6, 6.07) is 1.90. The molecule has 3 N–H and O–H groups in total. The molecule has 1 aromatic rings. The van der Waals surface area contributed by atoms with E-state index in [-0.39, 0.29) is 0 Å². The van der Waals surface area contributed by atoms with Gasteiger partial charge in [0.15, 0.2) is 0 Å². The molecule has 1 aliphatic carbocycles. The van der Waals surface area contributed by atoms with Crippen molar-refractivity contribution in [1.29, 1.82) is 0 Å². The summed E-state index contributed by atoms with van der Waals surface area (Å²) in [5.74, 6) is 0.572. The van der Waals surface area contributed by atoms with Crippen molar-refractivity contribution in [2.24, 2.45) is 5.41 Å². The minimum atomic E-state index is 0.369. The van der Waals surface area contributed by atoms with Crippen molar-refractivity contribution in [3.8, 4) is 0 Å².